The van der Waals surface area contributed by atoms with Gasteiger partial charge in [0.15, 0.2) is 5.57 Å². The Kier molecular flexibility index (Phi) is 5.30. The topological polar surface area (TPSA) is 111 Å². The number of nitrogens with two attached hydrogens (primary N) is 1. The van der Waals surface area contributed by atoms with Crippen LogP contribution in [0.1, 0.15) is 5.76 Å². The smallest absolute Gasteiger partial charge is 0.153 e. The van der Waals surface area contributed by atoms with Crippen LogP contribution >= 0.6 is 23.2 Å². The van der Waals surface area contributed by atoms with Gasteiger partial charge < -0.3 is 10.2 Å². The van der Waals surface area contributed by atoms with Crippen molar-refractivity contribution in [1.82, 2.24) is 0 Å². The van der Waals surface area contributed by atoms with Crippen molar-refractivity contribution >= 4 is 29.3 Å². The van der Waals surface area contributed by atoms with E-state index >= 15 is 0 Å². The summed E-state index contributed by atoms with van der Waals surface area (Å²) < 4.78 is 5.62. The predicted molar refractivity (Wildman–Crippen MR) is 90.2 cm³/mol. The molecule has 116 valence electrons. The third-order valence-electron chi connectivity index (χ3n) is 3.01. The van der Waals surface area contributed by atoms with Gasteiger partial charge in [0.2, 0.25) is 0 Å². The van der Waals surface area contributed by atoms with E-state index in [1.54, 1.807) is 42.5 Å². The Morgan fingerprint density at radius 3 is 2.33 bits per heavy atom. The lowest BCUT2D eigenvalue weighted by molar-refractivity contribution is 0.571. The molecule has 0 aliphatic heterocycles. The summed E-state index contributed by atoms with van der Waals surface area (Å²) in [5.41, 5.74) is 5.72. The molecule has 1 aromatic carbocycles. The summed E-state index contributed by atoms with van der Waals surface area (Å²) in [7, 11) is 0. The van der Waals surface area contributed by atoms with E-state index < -0.39 is 0 Å². The van der Waals surface area contributed by atoms with Crippen molar-refractivity contribution < 1.29 is 4.42 Å². The second-order valence-corrected chi connectivity index (χ2v) is 5.35. The standard InChI is InChI=1S/C17H8Cl2N4O/c18-12-1-3-14(15(19)6-12)16-4-2-13(24-16)5-10(7-20)17(23)11(8-21)9-22/h1-6H,23H2/b10-5-. The molecule has 0 saturated carbocycles. The first-order chi connectivity index (χ1) is 11.5. The van der Waals surface area contributed by atoms with E-state index in [4.69, 9.17) is 49.1 Å². The van der Waals surface area contributed by atoms with E-state index in [0.29, 0.717) is 27.1 Å². The minimum Gasteiger partial charge on any atom is -0.457 e. The highest BCUT2D eigenvalue weighted by atomic mass is 35.5. The second-order valence-electron chi connectivity index (χ2n) is 4.51. The maximum absolute atomic E-state index is 9.17. The third kappa shape index (κ3) is 3.59. The van der Waals surface area contributed by atoms with Crippen LogP contribution in [-0.2, 0) is 0 Å². The first kappa shape index (κ1) is 17.2. The number of halogens is 2. The SMILES string of the molecule is N#CC(C#N)=C(N)/C(C#N)=C\c1ccc(-c2ccc(Cl)cc2Cl)o1. The molecule has 0 bridgehead atoms. The molecule has 0 amide bonds. The Balaban J connectivity index is 2.44. The molecule has 0 aliphatic carbocycles. The van der Waals surface area contributed by atoms with Crippen LogP contribution in [0.15, 0.2) is 51.6 Å². The summed E-state index contributed by atoms with van der Waals surface area (Å²) in [6.07, 6.45) is 1.34. The average molecular weight is 355 g/mol. The molecule has 24 heavy (non-hydrogen) atoms. The Morgan fingerprint density at radius 1 is 1.04 bits per heavy atom. The fraction of sp³-hybridized carbons (Fsp3) is 0. The molecule has 5 nitrogen and oxygen atoms in total. The Bertz CT molecular complexity index is 965. The number of benzene rings is 1. The number of hydrogen-bond acceptors (Lipinski definition) is 5. The van der Waals surface area contributed by atoms with Crippen LogP contribution in [0.25, 0.3) is 17.4 Å². The number of allylic oxidation sites excluding steroid dienone is 2. The molecule has 0 radical (unpaired) electrons. The van der Waals surface area contributed by atoms with Crippen LogP contribution < -0.4 is 5.73 Å². The van der Waals surface area contributed by atoms with Crippen molar-refractivity contribution in [2.24, 2.45) is 5.73 Å². The third-order valence-corrected chi connectivity index (χ3v) is 3.56. The zero-order valence-electron chi connectivity index (χ0n) is 12.0. The molecule has 2 rings (SSSR count). The van der Waals surface area contributed by atoms with Gasteiger partial charge in [-0.05, 0) is 30.3 Å². The van der Waals surface area contributed by atoms with Gasteiger partial charge in [0, 0.05) is 16.7 Å². The predicted octanol–water partition coefficient (Wildman–Crippen LogP) is 4.42. The molecule has 7 heteroatoms. The van der Waals surface area contributed by atoms with E-state index in [9.17, 15) is 0 Å². The number of nitrogens with zero attached hydrogens (tertiary/aromatic N) is 3. The molecule has 0 unspecified atom stereocenters. The molecule has 1 heterocycles. The summed E-state index contributed by atoms with van der Waals surface area (Å²) >= 11 is 12.0. The summed E-state index contributed by atoms with van der Waals surface area (Å²) in [5, 5.41) is 27.7. The van der Waals surface area contributed by atoms with Crippen LogP contribution in [0.5, 0.6) is 0 Å². The maximum Gasteiger partial charge on any atom is 0.153 e. The van der Waals surface area contributed by atoms with Crippen LogP contribution in [-0.4, -0.2) is 0 Å². The summed E-state index contributed by atoms with van der Waals surface area (Å²) in [5.74, 6) is 0.800. The highest BCUT2D eigenvalue weighted by Crippen LogP contribution is 2.32. The van der Waals surface area contributed by atoms with Gasteiger partial charge in [-0.3, -0.25) is 0 Å². The van der Waals surface area contributed by atoms with Crippen molar-refractivity contribution in [3.05, 3.63) is 63.0 Å². The van der Waals surface area contributed by atoms with Gasteiger partial charge in [-0.1, -0.05) is 23.2 Å². The van der Waals surface area contributed by atoms with Crippen LogP contribution in [0, 0.1) is 34.0 Å². The van der Waals surface area contributed by atoms with Gasteiger partial charge in [0.05, 0.1) is 16.3 Å². The summed E-state index contributed by atoms with van der Waals surface area (Å²) in [6.45, 7) is 0. The molecule has 0 fully saturated rings. The monoisotopic (exact) mass is 354 g/mol. The lowest BCUT2D eigenvalue weighted by Gasteiger charge is -2.01. The van der Waals surface area contributed by atoms with Gasteiger partial charge in [-0.2, -0.15) is 15.8 Å². The van der Waals surface area contributed by atoms with Crippen molar-refractivity contribution in [2.45, 2.75) is 0 Å². The highest BCUT2D eigenvalue weighted by Gasteiger charge is 2.11. The highest BCUT2D eigenvalue weighted by molar-refractivity contribution is 6.36. The van der Waals surface area contributed by atoms with Crippen molar-refractivity contribution in [3.8, 4) is 29.5 Å². The summed E-state index contributed by atoms with van der Waals surface area (Å²) in [4.78, 5) is 0. The van der Waals surface area contributed by atoms with E-state index in [1.807, 2.05) is 6.07 Å². The van der Waals surface area contributed by atoms with Crippen molar-refractivity contribution in [2.75, 3.05) is 0 Å². The molecular formula is C17H8Cl2N4O. The zero-order chi connectivity index (χ0) is 17.7. The van der Waals surface area contributed by atoms with E-state index in [0.717, 1.165) is 0 Å². The lowest BCUT2D eigenvalue weighted by Crippen LogP contribution is -2.03. The van der Waals surface area contributed by atoms with Crippen molar-refractivity contribution in [1.29, 1.82) is 15.8 Å². The molecule has 0 aliphatic rings. The first-order valence-corrected chi connectivity index (χ1v) is 7.23. The molecule has 2 N–H and O–H groups in total. The van der Waals surface area contributed by atoms with Crippen molar-refractivity contribution in [3.63, 3.8) is 0 Å². The molecular weight excluding hydrogens is 347 g/mol. The fourth-order valence-electron chi connectivity index (χ4n) is 1.86. The maximum atomic E-state index is 9.17. The quantitative estimate of drug-likeness (QED) is 0.647. The minimum atomic E-state index is -0.338. The molecule has 0 atom stereocenters. The first-order valence-electron chi connectivity index (χ1n) is 6.47. The van der Waals surface area contributed by atoms with E-state index in [-0.39, 0.29) is 16.8 Å². The van der Waals surface area contributed by atoms with Gasteiger partial charge in [-0.15, -0.1) is 0 Å². The van der Waals surface area contributed by atoms with Crippen LogP contribution in [0.4, 0.5) is 0 Å². The lowest BCUT2D eigenvalue weighted by atomic mass is 10.1. The van der Waals surface area contributed by atoms with Gasteiger partial charge in [0.1, 0.15) is 29.7 Å². The van der Waals surface area contributed by atoms with E-state index in [1.165, 1.54) is 6.08 Å². The molecule has 0 saturated heterocycles. The van der Waals surface area contributed by atoms with Gasteiger partial charge in [0.25, 0.3) is 0 Å². The Morgan fingerprint density at radius 2 is 1.75 bits per heavy atom. The molecule has 0 spiro atoms. The Labute approximate surface area is 148 Å². The van der Waals surface area contributed by atoms with Crippen LogP contribution in [0.3, 0.4) is 0 Å². The second kappa shape index (κ2) is 7.40. The van der Waals surface area contributed by atoms with E-state index in [2.05, 4.69) is 0 Å². The Hall–Kier alpha value is -3.17. The largest absolute Gasteiger partial charge is 0.457 e. The summed E-state index contributed by atoms with van der Waals surface area (Å²) in [6, 6.07) is 13.4. The fourth-order valence-corrected chi connectivity index (χ4v) is 2.36. The average Bonchev–Trinajstić information content (AvgIpc) is 3.01. The number of furan rings is 1. The van der Waals surface area contributed by atoms with Gasteiger partial charge in [-0.25, -0.2) is 0 Å². The normalized spacial score (nSPS) is 10.4. The minimum absolute atomic E-state index is 0.0452. The van der Waals surface area contributed by atoms with Gasteiger partial charge >= 0.3 is 0 Å². The molecule has 2 aromatic rings. The number of rotatable bonds is 3. The molecule has 1 aromatic heterocycles. The zero-order valence-corrected chi connectivity index (χ0v) is 13.6. The number of nitriles is 3. The number of hydrogen-bond donors (Lipinski definition) is 1. The van der Waals surface area contributed by atoms with Crippen LogP contribution in [0.2, 0.25) is 10.0 Å².